The maximum atomic E-state index is 13.0. The van der Waals surface area contributed by atoms with E-state index in [2.05, 4.69) is 13.0 Å². The first-order valence-electron chi connectivity index (χ1n) is 10.3. The lowest BCUT2D eigenvalue weighted by Crippen LogP contribution is -2.15. The molecule has 0 atom stereocenters. The Balaban J connectivity index is 1.62. The summed E-state index contributed by atoms with van der Waals surface area (Å²) >= 11 is 0. The molecule has 0 bridgehead atoms. The highest BCUT2D eigenvalue weighted by molar-refractivity contribution is 6.06. The number of ether oxygens (including phenoxy) is 2. The van der Waals surface area contributed by atoms with Crippen molar-refractivity contribution >= 4 is 22.7 Å². The predicted molar refractivity (Wildman–Crippen MR) is 124 cm³/mol. The van der Waals surface area contributed by atoms with Crippen LogP contribution in [0.3, 0.4) is 0 Å². The van der Waals surface area contributed by atoms with Gasteiger partial charge in [-0.15, -0.1) is 0 Å². The van der Waals surface area contributed by atoms with Crippen molar-refractivity contribution < 1.29 is 19.1 Å². The summed E-state index contributed by atoms with van der Waals surface area (Å²) in [7, 11) is 1.56. The molecule has 5 nitrogen and oxygen atoms in total. The normalized spacial score (nSPS) is 10.7. The Morgan fingerprint density at radius 3 is 2.34 bits per heavy atom. The number of carbonyl (C=O) groups is 2. The van der Waals surface area contributed by atoms with Gasteiger partial charge in [0.1, 0.15) is 5.75 Å². The lowest BCUT2D eigenvalue weighted by molar-refractivity contribution is 0.0476. The Hall–Kier alpha value is -3.99. The van der Waals surface area contributed by atoms with Crippen LogP contribution in [0.1, 0.15) is 31.8 Å². The van der Waals surface area contributed by atoms with Crippen LogP contribution in [0.5, 0.6) is 5.75 Å². The molecule has 5 heteroatoms. The number of fused-ring (bicyclic) bond motifs is 1. The van der Waals surface area contributed by atoms with Crippen LogP contribution < -0.4 is 4.74 Å². The molecule has 160 valence electrons. The Kier molecular flexibility index (Phi) is 5.99. The summed E-state index contributed by atoms with van der Waals surface area (Å²) in [6.45, 7) is 3.75. The second kappa shape index (κ2) is 9.02. The standard InChI is InChI=1S/C27H23NO4/c1-17-8-9-20(14-18(17)2)25-15-23(22-6-4-5-7-24(22)28-25)27(30)32-16-26(29)19-10-12-21(31-3)13-11-19/h4-15H,16H2,1-3H3. The fraction of sp³-hybridized carbons (Fsp3) is 0.148. The van der Waals surface area contributed by atoms with Crippen LogP contribution in [0, 0.1) is 13.8 Å². The molecule has 0 radical (unpaired) electrons. The summed E-state index contributed by atoms with van der Waals surface area (Å²) < 4.78 is 10.5. The molecule has 0 amide bonds. The number of Topliss-reactive ketones (excluding diaryl/α,β-unsaturated/α-hetero) is 1. The zero-order valence-corrected chi connectivity index (χ0v) is 18.2. The van der Waals surface area contributed by atoms with Gasteiger partial charge in [0.25, 0.3) is 0 Å². The summed E-state index contributed by atoms with van der Waals surface area (Å²) in [5, 5.41) is 0.682. The van der Waals surface area contributed by atoms with E-state index in [0.29, 0.717) is 33.5 Å². The molecule has 1 heterocycles. The van der Waals surface area contributed by atoms with Crippen LogP contribution in [0.25, 0.3) is 22.2 Å². The lowest BCUT2D eigenvalue weighted by Gasteiger charge is -2.11. The summed E-state index contributed by atoms with van der Waals surface area (Å²) in [6, 6.07) is 21.9. The van der Waals surface area contributed by atoms with Gasteiger partial charge in [0.15, 0.2) is 12.4 Å². The summed E-state index contributed by atoms with van der Waals surface area (Å²) in [5.41, 5.74) is 5.46. The molecule has 0 unspecified atom stereocenters. The maximum absolute atomic E-state index is 13.0. The Labute approximate surface area is 186 Å². The van der Waals surface area contributed by atoms with E-state index in [4.69, 9.17) is 14.5 Å². The molecule has 0 fully saturated rings. The van der Waals surface area contributed by atoms with Crippen LogP contribution in [0.2, 0.25) is 0 Å². The molecule has 0 spiro atoms. The van der Waals surface area contributed by atoms with E-state index in [0.717, 1.165) is 11.1 Å². The van der Waals surface area contributed by atoms with Crippen LogP contribution in [0.4, 0.5) is 0 Å². The van der Waals surface area contributed by atoms with Gasteiger partial charge in [-0.05, 0) is 67.4 Å². The summed E-state index contributed by atoms with van der Waals surface area (Å²) in [5.74, 6) is -0.190. The highest BCUT2D eigenvalue weighted by Crippen LogP contribution is 2.27. The van der Waals surface area contributed by atoms with E-state index in [-0.39, 0.29) is 12.4 Å². The molecular weight excluding hydrogens is 402 g/mol. The van der Waals surface area contributed by atoms with E-state index in [1.807, 2.05) is 43.3 Å². The number of para-hydroxylation sites is 1. The average molecular weight is 425 g/mol. The molecule has 0 aliphatic heterocycles. The van der Waals surface area contributed by atoms with Crippen LogP contribution in [0.15, 0.2) is 72.8 Å². The number of aryl methyl sites for hydroxylation is 2. The van der Waals surface area contributed by atoms with E-state index < -0.39 is 5.97 Å². The van der Waals surface area contributed by atoms with E-state index in [1.165, 1.54) is 5.56 Å². The van der Waals surface area contributed by atoms with Crippen molar-refractivity contribution in [1.29, 1.82) is 0 Å². The minimum Gasteiger partial charge on any atom is -0.497 e. The van der Waals surface area contributed by atoms with Gasteiger partial charge >= 0.3 is 5.97 Å². The van der Waals surface area contributed by atoms with Gasteiger partial charge < -0.3 is 9.47 Å². The predicted octanol–water partition coefficient (Wildman–Crippen LogP) is 5.57. The zero-order chi connectivity index (χ0) is 22.7. The van der Waals surface area contributed by atoms with E-state index in [9.17, 15) is 9.59 Å². The van der Waals surface area contributed by atoms with Crippen molar-refractivity contribution in [3.63, 3.8) is 0 Å². The molecular formula is C27H23NO4. The second-order valence-electron chi connectivity index (χ2n) is 7.60. The van der Waals surface area contributed by atoms with Gasteiger partial charge in [0.05, 0.1) is 23.9 Å². The number of pyridine rings is 1. The van der Waals surface area contributed by atoms with Gasteiger partial charge in [0.2, 0.25) is 0 Å². The van der Waals surface area contributed by atoms with Crippen LogP contribution >= 0.6 is 0 Å². The number of hydrogen-bond donors (Lipinski definition) is 0. The number of aromatic nitrogens is 1. The first-order valence-corrected chi connectivity index (χ1v) is 10.3. The fourth-order valence-electron chi connectivity index (χ4n) is 3.46. The minimum atomic E-state index is -0.560. The number of ketones is 1. The van der Waals surface area contributed by atoms with Crippen molar-refractivity contribution in [2.75, 3.05) is 13.7 Å². The number of nitrogens with zero attached hydrogens (tertiary/aromatic N) is 1. The number of methoxy groups -OCH3 is 1. The quantitative estimate of drug-likeness (QED) is 0.299. The number of rotatable bonds is 6. The van der Waals surface area contributed by atoms with Crippen molar-refractivity contribution in [2.24, 2.45) is 0 Å². The third kappa shape index (κ3) is 4.37. The summed E-state index contributed by atoms with van der Waals surface area (Å²) in [6.07, 6.45) is 0. The minimum absolute atomic E-state index is 0.284. The third-order valence-electron chi connectivity index (χ3n) is 5.49. The average Bonchev–Trinajstić information content (AvgIpc) is 2.83. The SMILES string of the molecule is COc1ccc(C(=O)COC(=O)c2cc(-c3ccc(C)c(C)c3)nc3ccccc23)cc1. The second-order valence-corrected chi connectivity index (χ2v) is 7.60. The number of benzene rings is 3. The molecule has 0 saturated carbocycles. The monoisotopic (exact) mass is 425 g/mol. The van der Waals surface area contributed by atoms with E-state index in [1.54, 1.807) is 37.4 Å². The number of hydrogen-bond acceptors (Lipinski definition) is 5. The van der Waals surface area contributed by atoms with E-state index >= 15 is 0 Å². The molecule has 0 saturated heterocycles. The highest BCUT2D eigenvalue weighted by Gasteiger charge is 2.17. The molecule has 4 rings (SSSR count). The lowest BCUT2D eigenvalue weighted by atomic mass is 10.0. The van der Waals surface area contributed by atoms with Gasteiger partial charge in [0, 0.05) is 16.5 Å². The molecule has 1 aromatic heterocycles. The molecule has 4 aromatic rings. The topological polar surface area (TPSA) is 65.5 Å². The zero-order valence-electron chi connectivity index (χ0n) is 18.2. The highest BCUT2D eigenvalue weighted by atomic mass is 16.5. The summed E-state index contributed by atoms with van der Waals surface area (Å²) in [4.78, 5) is 30.2. The molecule has 0 aliphatic carbocycles. The molecule has 0 aliphatic rings. The van der Waals surface area contributed by atoms with Crippen molar-refractivity contribution in [3.8, 4) is 17.0 Å². The maximum Gasteiger partial charge on any atom is 0.339 e. The fourth-order valence-corrected chi connectivity index (χ4v) is 3.46. The number of esters is 1. The van der Waals surface area contributed by atoms with Gasteiger partial charge in [-0.2, -0.15) is 0 Å². The van der Waals surface area contributed by atoms with Crippen molar-refractivity contribution in [1.82, 2.24) is 4.98 Å². The first kappa shape index (κ1) is 21.2. The van der Waals surface area contributed by atoms with Crippen molar-refractivity contribution in [3.05, 3.63) is 95.1 Å². The first-order chi connectivity index (χ1) is 15.5. The third-order valence-corrected chi connectivity index (χ3v) is 5.49. The smallest absolute Gasteiger partial charge is 0.339 e. The van der Waals surface area contributed by atoms with Gasteiger partial charge in [-0.25, -0.2) is 9.78 Å². The largest absolute Gasteiger partial charge is 0.497 e. The van der Waals surface area contributed by atoms with Crippen LogP contribution in [-0.4, -0.2) is 30.5 Å². The van der Waals surface area contributed by atoms with Gasteiger partial charge in [-0.1, -0.05) is 30.3 Å². The Morgan fingerprint density at radius 1 is 0.875 bits per heavy atom. The van der Waals surface area contributed by atoms with Crippen LogP contribution in [-0.2, 0) is 4.74 Å². The Bertz CT molecular complexity index is 1310. The van der Waals surface area contributed by atoms with Crippen molar-refractivity contribution in [2.45, 2.75) is 13.8 Å². The van der Waals surface area contributed by atoms with Gasteiger partial charge in [-0.3, -0.25) is 4.79 Å². The Morgan fingerprint density at radius 2 is 1.62 bits per heavy atom. The molecule has 3 aromatic carbocycles. The molecule has 32 heavy (non-hydrogen) atoms. The molecule has 0 N–H and O–H groups in total. The number of carbonyl (C=O) groups excluding carboxylic acids is 2.